The highest BCUT2D eigenvalue weighted by atomic mass is 79.9. The summed E-state index contributed by atoms with van der Waals surface area (Å²) in [7, 11) is 0. The zero-order chi connectivity index (χ0) is 11.3. The molecule has 1 aromatic rings. The van der Waals surface area contributed by atoms with Crippen LogP contribution in [-0.2, 0) is 5.75 Å². The first kappa shape index (κ1) is 12.4. The second-order valence-corrected chi connectivity index (χ2v) is 4.89. The molecule has 0 saturated carbocycles. The van der Waals surface area contributed by atoms with Crippen LogP contribution in [0.4, 0.5) is 0 Å². The van der Waals surface area contributed by atoms with Crippen molar-refractivity contribution in [2.75, 3.05) is 12.8 Å². The molecule has 0 aromatic carbocycles. The van der Waals surface area contributed by atoms with Crippen molar-refractivity contribution in [1.82, 2.24) is 5.32 Å². The Morgan fingerprint density at radius 2 is 2.40 bits per heavy atom. The number of rotatable bonds is 5. The smallest absolute Gasteiger partial charge is 0.287 e. The van der Waals surface area contributed by atoms with Crippen molar-refractivity contribution in [1.29, 1.82) is 0 Å². The van der Waals surface area contributed by atoms with E-state index in [0.29, 0.717) is 12.3 Å². The van der Waals surface area contributed by atoms with E-state index in [4.69, 9.17) is 4.42 Å². The summed E-state index contributed by atoms with van der Waals surface area (Å²) < 4.78 is 6.07. The molecule has 0 saturated heterocycles. The van der Waals surface area contributed by atoms with Crippen LogP contribution in [0.3, 0.4) is 0 Å². The standard InChI is InChI=1S/C10H12BrNO2S/c1-7(11)5-12-10(13)9-4-3-8(14-9)6-15-2/h3-4H,1,5-6H2,2H3,(H,12,13). The highest BCUT2D eigenvalue weighted by molar-refractivity contribution is 9.11. The molecule has 1 N–H and O–H groups in total. The summed E-state index contributed by atoms with van der Waals surface area (Å²) in [6.45, 7) is 4.02. The van der Waals surface area contributed by atoms with Gasteiger partial charge in [-0.1, -0.05) is 22.5 Å². The van der Waals surface area contributed by atoms with Crippen LogP contribution in [0.25, 0.3) is 0 Å². The third-order valence-corrected chi connectivity index (χ3v) is 2.47. The van der Waals surface area contributed by atoms with Crippen molar-refractivity contribution in [2.45, 2.75) is 5.75 Å². The van der Waals surface area contributed by atoms with Gasteiger partial charge in [-0.15, -0.1) is 0 Å². The van der Waals surface area contributed by atoms with Gasteiger partial charge in [0.15, 0.2) is 5.76 Å². The Balaban J connectivity index is 2.54. The summed E-state index contributed by atoms with van der Waals surface area (Å²) in [4.78, 5) is 11.5. The molecular formula is C10H12BrNO2S. The molecule has 0 aliphatic heterocycles. The minimum Gasteiger partial charge on any atom is -0.455 e. The number of halogens is 1. The Morgan fingerprint density at radius 3 is 3.00 bits per heavy atom. The molecule has 1 amide bonds. The van der Waals surface area contributed by atoms with Gasteiger partial charge in [0.25, 0.3) is 5.91 Å². The van der Waals surface area contributed by atoms with Crippen LogP contribution in [0.15, 0.2) is 27.6 Å². The van der Waals surface area contributed by atoms with Crippen molar-refractivity contribution >= 4 is 33.6 Å². The van der Waals surface area contributed by atoms with Crippen LogP contribution in [0.1, 0.15) is 16.3 Å². The van der Waals surface area contributed by atoms with E-state index in [-0.39, 0.29) is 5.91 Å². The SMILES string of the molecule is C=C(Br)CNC(=O)c1ccc(CSC)o1. The highest BCUT2D eigenvalue weighted by Gasteiger charge is 2.10. The number of hydrogen-bond donors (Lipinski definition) is 1. The van der Waals surface area contributed by atoms with Gasteiger partial charge >= 0.3 is 0 Å². The Kier molecular flexibility index (Phi) is 4.98. The molecule has 0 unspecified atom stereocenters. The predicted molar refractivity (Wildman–Crippen MR) is 66.3 cm³/mol. The maximum atomic E-state index is 11.5. The number of thioether (sulfide) groups is 1. The average Bonchev–Trinajstić information content (AvgIpc) is 2.63. The lowest BCUT2D eigenvalue weighted by atomic mass is 10.4. The lowest BCUT2D eigenvalue weighted by molar-refractivity contribution is 0.0929. The predicted octanol–water partition coefficient (Wildman–Crippen LogP) is 2.78. The number of hydrogen-bond acceptors (Lipinski definition) is 3. The maximum absolute atomic E-state index is 11.5. The summed E-state index contributed by atoms with van der Waals surface area (Å²) in [6, 6.07) is 3.49. The molecule has 0 atom stereocenters. The highest BCUT2D eigenvalue weighted by Crippen LogP contribution is 2.13. The van der Waals surface area contributed by atoms with E-state index >= 15 is 0 Å². The number of carbonyl (C=O) groups is 1. The lowest BCUT2D eigenvalue weighted by Gasteiger charge is -2.00. The Morgan fingerprint density at radius 1 is 1.67 bits per heavy atom. The van der Waals surface area contributed by atoms with Crippen LogP contribution < -0.4 is 5.32 Å². The zero-order valence-corrected chi connectivity index (χ0v) is 10.8. The first-order valence-electron chi connectivity index (χ1n) is 4.32. The van der Waals surface area contributed by atoms with Gasteiger partial charge in [-0.25, -0.2) is 0 Å². The molecule has 1 rings (SSSR count). The van der Waals surface area contributed by atoms with Crippen molar-refractivity contribution < 1.29 is 9.21 Å². The summed E-state index contributed by atoms with van der Waals surface area (Å²) in [6.07, 6.45) is 1.98. The molecule has 3 nitrogen and oxygen atoms in total. The molecule has 1 heterocycles. The van der Waals surface area contributed by atoms with E-state index in [2.05, 4.69) is 27.8 Å². The Labute approximate surface area is 101 Å². The molecule has 15 heavy (non-hydrogen) atoms. The molecule has 82 valence electrons. The van der Waals surface area contributed by atoms with Crippen molar-refractivity contribution in [3.8, 4) is 0 Å². The van der Waals surface area contributed by atoms with Crippen molar-refractivity contribution in [3.63, 3.8) is 0 Å². The van der Waals surface area contributed by atoms with Gasteiger partial charge in [-0.3, -0.25) is 4.79 Å². The molecule has 0 aliphatic rings. The summed E-state index contributed by atoms with van der Waals surface area (Å²) in [5, 5.41) is 2.67. The van der Waals surface area contributed by atoms with Gasteiger partial charge < -0.3 is 9.73 Å². The van der Waals surface area contributed by atoms with Crippen LogP contribution in [0.5, 0.6) is 0 Å². The Bertz CT molecular complexity index is 362. The molecule has 1 aromatic heterocycles. The third kappa shape index (κ3) is 4.13. The van der Waals surface area contributed by atoms with Crippen LogP contribution in [0.2, 0.25) is 0 Å². The molecule has 0 radical (unpaired) electrons. The zero-order valence-electron chi connectivity index (χ0n) is 8.38. The van der Waals surface area contributed by atoms with Crippen molar-refractivity contribution in [2.24, 2.45) is 0 Å². The van der Waals surface area contributed by atoms with Gasteiger partial charge in [0.2, 0.25) is 0 Å². The normalized spacial score (nSPS) is 10.0. The van der Waals surface area contributed by atoms with Crippen molar-refractivity contribution in [3.05, 3.63) is 34.7 Å². The topological polar surface area (TPSA) is 42.2 Å². The lowest BCUT2D eigenvalue weighted by Crippen LogP contribution is -2.23. The van der Waals surface area contributed by atoms with E-state index in [1.165, 1.54) is 0 Å². The maximum Gasteiger partial charge on any atom is 0.287 e. The Hall–Kier alpha value is -0.680. The van der Waals surface area contributed by atoms with E-state index < -0.39 is 0 Å². The minimum atomic E-state index is -0.219. The van der Waals surface area contributed by atoms with E-state index in [0.717, 1.165) is 16.0 Å². The van der Waals surface area contributed by atoms with Crippen LogP contribution in [-0.4, -0.2) is 18.7 Å². The van der Waals surface area contributed by atoms with Crippen LogP contribution >= 0.6 is 27.7 Å². The number of carbonyl (C=O) groups excluding carboxylic acids is 1. The molecule has 0 fully saturated rings. The monoisotopic (exact) mass is 289 g/mol. The first-order valence-corrected chi connectivity index (χ1v) is 6.51. The van der Waals surface area contributed by atoms with Crippen LogP contribution in [0, 0.1) is 0 Å². The number of amides is 1. The van der Waals surface area contributed by atoms with E-state index in [9.17, 15) is 4.79 Å². The second-order valence-electron chi connectivity index (χ2n) is 2.90. The summed E-state index contributed by atoms with van der Waals surface area (Å²) in [5.41, 5.74) is 0. The fraction of sp³-hybridized carbons (Fsp3) is 0.300. The molecule has 0 spiro atoms. The van der Waals surface area contributed by atoms with E-state index in [1.807, 2.05) is 12.3 Å². The molecular weight excluding hydrogens is 278 g/mol. The van der Waals surface area contributed by atoms with Gasteiger partial charge in [0.1, 0.15) is 5.76 Å². The third-order valence-electron chi connectivity index (χ3n) is 1.61. The van der Waals surface area contributed by atoms with Gasteiger partial charge in [0.05, 0.1) is 5.75 Å². The first-order chi connectivity index (χ1) is 7.13. The minimum absolute atomic E-state index is 0.219. The fourth-order valence-electron chi connectivity index (χ4n) is 0.983. The second kappa shape index (κ2) is 6.02. The fourth-order valence-corrected chi connectivity index (χ4v) is 1.56. The van der Waals surface area contributed by atoms with Gasteiger partial charge in [-0.2, -0.15) is 11.8 Å². The van der Waals surface area contributed by atoms with Gasteiger partial charge in [0, 0.05) is 11.0 Å². The summed E-state index contributed by atoms with van der Waals surface area (Å²) in [5.74, 6) is 1.71. The quantitative estimate of drug-likeness (QED) is 0.906. The number of furan rings is 1. The molecule has 0 aliphatic carbocycles. The van der Waals surface area contributed by atoms with Gasteiger partial charge in [-0.05, 0) is 18.4 Å². The molecule has 5 heteroatoms. The largest absolute Gasteiger partial charge is 0.455 e. The van der Waals surface area contributed by atoms with E-state index in [1.54, 1.807) is 17.8 Å². The molecule has 0 bridgehead atoms. The summed E-state index contributed by atoms with van der Waals surface area (Å²) >= 11 is 4.81. The average molecular weight is 290 g/mol. The number of nitrogens with one attached hydrogen (secondary N) is 1.